The number of rotatable bonds is 8. The molecule has 6 nitrogen and oxygen atoms in total. The minimum absolute atomic E-state index is 0.00792. The van der Waals surface area contributed by atoms with Crippen molar-refractivity contribution in [3.8, 4) is 5.88 Å². The Morgan fingerprint density at radius 2 is 1.95 bits per heavy atom. The maximum Gasteiger partial charge on any atom is 0.223 e. The van der Waals surface area contributed by atoms with Crippen molar-refractivity contribution in [3.05, 3.63) is 23.9 Å². The Kier molecular flexibility index (Phi) is 6.61. The molecule has 0 saturated heterocycles. The zero-order valence-corrected chi connectivity index (χ0v) is 13.5. The highest BCUT2D eigenvalue weighted by molar-refractivity contribution is 7.90. The van der Waals surface area contributed by atoms with Gasteiger partial charge in [0.2, 0.25) is 11.8 Å². The predicted octanol–water partition coefficient (Wildman–Crippen LogP) is 1.26. The molecule has 0 atom stereocenters. The van der Waals surface area contributed by atoms with E-state index in [4.69, 9.17) is 4.74 Å². The van der Waals surface area contributed by atoms with Gasteiger partial charge in [0.25, 0.3) is 0 Å². The molecule has 118 valence electrons. The third-order valence-electron chi connectivity index (χ3n) is 3.10. The topological polar surface area (TPSA) is 76.6 Å². The van der Waals surface area contributed by atoms with Crippen LogP contribution >= 0.6 is 0 Å². The molecule has 0 spiro atoms. The Hall–Kier alpha value is -1.63. The Labute approximate surface area is 126 Å². The molecule has 7 heteroatoms. The van der Waals surface area contributed by atoms with E-state index in [1.807, 2.05) is 13.8 Å². The molecule has 1 aromatic heterocycles. The van der Waals surface area contributed by atoms with Gasteiger partial charge in [-0.25, -0.2) is 13.4 Å². The lowest BCUT2D eigenvalue weighted by Gasteiger charge is -2.18. The summed E-state index contributed by atoms with van der Waals surface area (Å²) in [5, 5.41) is 0. The van der Waals surface area contributed by atoms with Crippen molar-refractivity contribution in [1.29, 1.82) is 0 Å². The average Bonchev–Trinajstić information content (AvgIpc) is 2.46. The molecule has 0 unspecified atom stereocenters. The zero-order chi connectivity index (χ0) is 15.9. The van der Waals surface area contributed by atoms with Crippen molar-refractivity contribution in [2.24, 2.45) is 0 Å². The van der Waals surface area contributed by atoms with E-state index in [9.17, 15) is 13.2 Å². The summed E-state index contributed by atoms with van der Waals surface area (Å²) in [6.07, 6.45) is 0.00792. The van der Waals surface area contributed by atoms with Crippen molar-refractivity contribution in [2.45, 2.75) is 26.0 Å². The molecule has 1 aromatic rings. The van der Waals surface area contributed by atoms with Crippen molar-refractivity contribution >= 4 is 15.7 Å². The molecule has 1 amide bonds. The lowest BCUT2D eigenvalue weighted by molar-refractivity contribution is -0.130. The van der Waals surface area contributed by atoms with E-state index in [0.717, 1.165) is 0 Å². The molecular formula is C14H22N2O4S. The van der Waals surface area contributed by atoms with Crippen LogP contribution in [0.15, 0.2) is 18.2 Å². The van der Waals surface area contributed by atoms with Gasteiger partial charge in [-0.05, 0) is 19.9 Å². The summed E-state index contributed by atoms with van der Waals surface area (Å²) in [5.41, 5.74) is 0.421. The van der Waals surface area contributed by atoms with E-state index >= 15 is 0 Å². The molecule has 0 fully saturated rings. The minimum Gasteiger partial charge on any atom is -0.481 e. The quantitative estimate of drug-likeness (QED) is 0.722. The van der Waals surface area contributed by atoms with E-state index in [1.54, 1.807) is 23.1 Å². The normalized spacial score (nSPS) is 11.2. The van der Waals surface area contributed by atoms with Crippen LogP contribution < -0.4 is 4.74 Å². The first-order valence-electron chi connectivity index (χ1n) is 6.90. The lowest BCUT2D eigenvalue weighted by Crippen LogP contribution is -2.31. The first-order valence-corrected chi connectivity index (χ1v) is 8.72. The summed E-state index contributed by atoms with van der Waals surface area (Å²) in [5.74, 6) is -0.110. The number of sulfone groups is 1. The second kappa shape index (κ2) is 7.97. The molecule has 0 aliphatic heterocycles. The predicted molar refractivity (Wildman–Crippen MR) is 80.8 cm³/mol. The third kappa shape index (κ3) is 5.71. The van der Waals surface area contributed by atoms with E-state index in [1.165, 1.54) is 7.11 Å². The Balaban J connectivity index is 2.63. The first-order chi connectivity index (χ1) is 9.91. The van der Waals surface area contributed by atoms with Gasteiger partial charge in [-0.3, -0.25) is 4.79 Å². The first kappa shape index (κ1) is 17.4. The molecule has 0 aliphatic rings. The fourth-order valence-corrected chi connectivity index (χ4v) is 3.17. The number of amides is 1. The number of carbonyl (C=O) groups is 1. The lowest BCUT2D eigenvalue weighted by atomic mass is 10.4. The van der Waals surface area contributed by atoms with E-state index < -0.39 is 9.84 Å². The van der Waals surface area contributed by atoms with Crippen molar-refractivity contribution in [3.63, 3.8) is 0 Å². The highest BCUT2D eigenvalue weighted by atomic mass is 32.2. The molecule has 21 heavy (non-hydrogen) atoms. The number of aromatic nitrogens is 1. The second-order valence-electron chi connectivity index (χ2n) is 4.58. The maximum absolute atomic E-state index is 12.1. The largest absolute Gasteiger partial charge is 0.481 e. The molecule has 1 rings (SSSR count). The van der Waals surface area contributed by atoms with Gasteiger partial charge in [0.15, 0.2) is 9.84 Å². The van der Waals surface area contributed by atoms with E-state index in [0.29, 0.717) is 24.7 Å². The summed E-state index contributed by atoms with van der Waals surface area (Å²) in [6.45, 7) is 4.92. The van der Waals surface area contributed by atoms with Crippen LogP contribution in [-0.2, 0) is 20.4 Å². The number of pyridine rings is 1. The number of methoxy groups -OCH3 is 1. The molecule has 0 aliphatic carbocycles. The fourth-order valence-electron chi connectivity index (χ4n) is 1.93. The van der Waals surface area contributed by atoms with Crippen LogP contribution in [0.25, 0.3) is 0 Å². The Morgan fingerprint density at radius 3 is 2.52 bits per heavy atom. The van der Waals surface area contributed by atoms with Crippen LogP contribution in [0.2, 0.25) is 0 Å². The summed E-state index contributed by atoms with van der Waals surface area (Å²) in [6, 6.07) is 4.98. The average molecular weight is 314 g/mol. The molecule has 0 radical (unpaired) electrons. The van der Waals surface area contributed by atoms with Crippen LogP contribution in [0.4, 0.5) is 0 Å². The van der Waals surface area contributed by atoms with Crippen molar-refractivity contribution in [1.82, 2.24) is 9.88 Å². The SMILES string of the molecule is CCN(CC)C(=O)CCS(=O)(=O)Cc1cccc(OC)n1. The molecule has 0 N–H and O–H groups in total. The van der Waals surface area contributed by atoms with Crippen LogP contribution in [0, 0.1) is 0 Å². The zero-order valence-electron chi connectivity index (χ0n) is 12.7. The standard InChI is InChI=1S/C14H22N2O4S/c1-4-16(5-2)14(17)9-10-21(18,19)11-12-7-6-8-13(15-12)20-3/h6-8H,4-5,9-11H2,1-3H3. The van der Waals surface area contributed by atoms with Crippen LogP contribution in [0.1, 0.15) is 26.0 Å². The van der Waals surface area contributed by atoms with E-state index in [-0.39, 0.29) is 23.8 Å². The van der Waals surface area contributed by atoms with Crippen molar-refractivity contribution < 1.29 is 17.9 Å². The third-order valence-corrected chi connectivity index (χ3v) is 4.66. The van der Waals surface area contributed by atoms with Gasteiger partial charge in [-0.15, -0.1) is 0 Å². The Morgan fingerprint density at radius 1 is 1.29 bits per heavy atom. The minimum atomic E-state index is -3.37. The van der Waals surface area contributed by atoms with Gasteiger partial charge in [0, 0.05) is 25.6 Å². The highest BCUT2D eigenvalue weighted by Gasteiger charge is 2.18. The van der Waals surface area contributed by atoms with Gasteiger partial charge >= 0.3 is 0 Å². The van der Waals surface area contributed by atoms with Crippen molar-refractivity contribution in [2.75, 3.05) is 26.0 Å². The number of carbonyl (C=O) groups excluding carboxylic acids is 1. The number of ether oxygens (including phenoxy) is 1. The monoisotopic (exact) mass is 314 g/mol. The summed E-state index contributed by atoms with van der Waals surface area (Å²) in [7, 11) is -1.89. The molecule has 0 bridgehead atoms. The van der Waals surface area contributed by atoms with Gasteiger partial charge in [0.1, 0.15) is 0 Å². The van der Waals surface area contributed by atoms with Gasteiger partial charge in [-0.2, -0.15) is 0 Å². The summed E-state index contributed by atoms with van der Waals surface area (Å²) < 4.78 is 29.1. The second-order valence-corrected chi connectivity index (χ2v) is 6.76. The van der Waals surface area contributed by atoms with Crippen LogP contribution in [-0.4, -0.2) is 50.2 Å². The van der Waals surface area contributed by atoms with Crippen LogP contribution in [0.3, 0.4) is 0 Å². The fraction of sp³-hybridized carbons (Fsp3) is 0.571. The summed E-state index contributed by atoms with van der Waals surface area (Å²) in [4.78, 5) is 17.5. The van der Waals surface area contributed by atoms with Gasteiger partial charge in [0.05, 0.1) is 24.3 Å². The van der Waals surface area contributed by atoms with Gasteiger partial charge in [-0.1, -0.05) is 6.07 Å². The number of hydrogen-bond acceptors (Lipinski definition) is 5. The van der Waals surface area contributed by atoms with Gasteiger partial charge < -0.3 is 9.64 Å². The number of nitrogens with zero attached hydrogens (tertiary/aromatic N) is 2. The molecule has 1 heterocycles. The molecule has 0 aromatic carbocycles. The van der Waals surface area contributed by atoms with Crippen LogP contribution in [0.5, 0.6) is 5.88 Å². The summed E-state index contributed by atoms with van der Waals surface area (Å²) >= 11 is 0. The smallest absolute Gasteiger partial charge is 0.223 e. The maximum atomic E-state index is 12.1. The molecule has 0 saturated carbocycles. The highest BCUT2D eigenvalue weighted by Crippen LogP contribution is 2.11. The number of hydrogen-bond donors (Lipinski definition) is 0. The Bertz CT molecular complexity index is 568. The van der Waals surface area contributed by atoms with E-state index in [2.05, 4.69) is 4.98 Å². The molecular weight excluding hydrogens is 292 g/mol.